The highest BCUT2D eigenvalue weighted by molar-refractivity contribution is 7.99. The Kier molecular flexibility index (Phi) is 18.5. The summed E-state index contributed by atoms with van der Waals surface area (Å²) in [7, 11) is 1.12. The maximum absolute atomic E-state index is 13.0. The Bertz CT molecular complexity index is 1690. The Labute approximate surface area is 343 Å². The van der Waals surface area contributed by atoms with Gasteiger partial charge in [0, 0.05) is 65.7 Å². The molecule has 0 aliphatic carbocycles. The molecular formula is C38H49NO19S. The van der Waals surface area contributed by atoms with Gasteiger partial charge in [0.1, 0.15) is 36.9 Å². The highest BCUT2D eigenvalue weighted by Crippen LogP contribution is 2.41. The van der Waals surface area contributed by atoms with Crippen molar-refractivity contribution in [3.05, 3.63) is 35.9 Å². The fraction of sp³-hybridized carbons (Fsp3) is 0.605. The molecule has 0 bridgehead atoms. The Morgan fingerprint density at radius 1 is 0.593 bits per heavy atom. The van der Waals surface area contributed by atoms with Crippen molar-refractivity contribution in [1.29, 1.82) is 0 Å². The molecule has 0 saturated carbocycles. The number of amides is 1. The number of rotatable bonds is 17. The van der Waals surface area contributed by atoms with E-state index in [0.29, 0.717) is 0 Å². The average molecular weight is 856 g/mol. The molecule has 1 N–H and O–H groups in total. The molecule has 326 valence electrons. The van der Waals surface area contributed by atoms with Gasteiger partial charge in [-0.15, -0.1) is 11.8 Å². The summed E-state index contributed by atoms with van der Waals surface area (Å²) < 4.78 is 56.4. The fourth-order valence-corrected chi connectivity index (χ4v) is 7.74. The van der Waals surface area contributed by atoms with Crippen LogP contribution in [0.5, 0.6) is 0 Å². The van der Waals surface area contributed by atoms with Gasteiger partial charge in [0.2, 0.25) is 0 Å². The molecule has 21 heteroatoms. The first kappa shape index (κ1) is 48.1. The van der Waals surface area contributed by atoms with E-state index in [9.17, 15) is 43.2 Å². The van der Waals surface area contributed by atoms with Crippen molar-refractivity contribution in [2.75, 3.05) is 26.1 Å². The smallest absolute Gasteiger partial charge is 0.329 e. The summed E-state index contributed by atoms with van der Waals surface area (Å²) in [6, 6.07) is 6.77. The number of carbonyl (C=O) groups excluding carboxylic acids is 9. The highest BCUT2D eigenvalue weighted by Gasteiger charge is 2.56. The lowest BCUT2D eigenvalue weighted by molar-refractivity contribution is -0.263. The molecule has 0 aromatic heterocycles. The monoisotopic (exact) mass is 855 g/mol. The number of nitrogens with one attached hydrogen (secondary N) is 1. The first-order valence-corrected chi connectivity index (χ1v) is 19.3. The van der Waals surface area contributed by atoms with Crippen LogP contribution in [0.1, 0.15) is 65.2 Å². The van der Waals surface area contributed by atoms with Crippen molar-refractivity contribution < 1.29 is 90.5 Å². The van der Waals surface area contributed by atoms with Crippen molar-refractivity contribution in [1.82, 2.24) is 5.32 Å². The van der Waals surface area contributed by atoms with Crippen molar-refractivity contribution in [3.63, 3.8) is 0 Å². The highest BCUT2D eigenvalue weighted by atomic mass is 32.2. The van der Waals surface area contributed by atoms with Crippen LogP contribution >= 0.6 is 11.8 Å². The zero-order chi connectivity index (χ0) is 44.0. The van der Waals surface area contributed by atoms with Crippen LogP contribution in [0.4, 0.5) is 0 Å². The Hall–Kier alpha value is -5.28. The Morgan fingerprint density at radius 3 is 1.58 bits per heavy atom. The van der Waals surface area contributed by atoms with Crippen molar-refractivity contribution in [3.8, 4) is 0 Å². The summed E-state index contributed by atoms with van der Waals surface area (Å²) in [5.74, 6) is -8.56. The van der Waals surface area contributed by atoms with Gasteiger partial charge in [-0.1, -0.05) is 18.2 Å². The summed E-state index contributed by atoms with van der Waals surface area (Å²) >= 11 is 0.883. The van der Waals surface area contributed by atoms with Crippen LogP contribution in [0.25, 0.3) is 0 Å². The molecule has 0 radical (unpaired) electrons. The standard InChI is InChI=1S/C38H49NO19S/c1-18(40)50-15-29-26(14-28-32(53-21(4)43)34(55-23(6)45)33(54-22(5)44)30(57-28)16-51-19(2)41)31(52-20(3)42)35(56-24(7)46)38(58-29)59-17-27(37(48)49-8)39-36(47)25-12-10-9-11-13-25/h9-13,26-35,38H,14-17H2,1-8H3,(H,39,47)/t26-,27+,28-,29-,30-,31+,32+,33-,34-,35-,38-/m1/s1. The van der Waals surface area contributed by atoms with Gasteiger partial charge in [-0.25, -0.2) is 4.79 Å². The summed E-state index contributed by atoms with van der Waals surface area (Å²) in [6.07, 6.45) is -11.7. The number of carbonyl (C=O) groups is 9. The third-order valence-corrected chi connectivity index (χ3v) is 9.93. The van der Waals surface area contributed by atoms with Crippen LogP contribution in [0, 0.1) is 5.92 Å². The van der Waals surface area contributed by atoms with Gasteiger partial charge in [-0.3, -0.25) is 38.4 Å². The van der Waals surface area contributed by atoms with E-state index in [1.54, 1.807) is 18.2 Å². The van der Waals surface area contributed by atoms with E-state index in [1.165, 1.54) is 12.1 Å². The SMILES string of the molecule is COC(=O)[C@H](CS[C@H]1O[C@H](COC(C)=O)[C@@H](C[C@H]2O[C@H](COC(C)=O)[C@@H](OC(C)=O)[C@H](OC(C)=O)[C@H]2OC(C)=O)[C@H](OC(C)=O)[C@H]1OC(C)=O)NC(=O)c1ccccc1. The number of hydrogen-bond acceptors (Lipinski definition) is 20. The van der Waals surface area contributed by atoms with Crippen LogP contribution in [0.15, 0.2) is 30.3 Å². The lowest BCUT2D eigenvalue weighted by atomic mass is 9.81. The second kappa shape index (κ2) is 22.8. The molecular weight excluding hydrogens is 806 g/mol. The van der Waals surface area contributed by atoms with E-state index in [-0.39, 0.29) is 17.7 Å². The van der Waals surface area contributed by atoms with Gasteiger partial charge in [0.15, 0.2) is 24.4 Å². The van der Waals surface area contributed by atoms with E-state index < -0.39 is 133 Å². The maximum Gasteiger partial charge on any atom is 0.329 e. The zero-order valence-electron chi connectivity index (χ0n) is 33.7. The largest absolute Gasteiger partial charge is 0.467 e. The second-order valence-corrected chi connectivity index (χ2v) is 14.5. The molecule has 1 aromatic rings. The summed E-state index contributed by atoms with van der Waals surface area (Å²) in [5, 5.41) is 2.60. The minimum atomic E-state index is -1.54. The van der Waals surface area contributed by atoms with Gasteiger partial charge < -0.3 is 52.7 Å². The normalized spacial score (nSPS) is 26.7. The number of benzene rings is 1. The molecule has 2 fully saturated rings. The molecule has 2 aliphatic heterocycles. The van der Waals surface area contributed by atoms with E-state index in [4.69, 9.17) is 47.4 Å². The van der Waals surface area contributed by atoms with E-state index in [2.05, 4.69) is 5.32 Å². The van der Waals surface area contributed by atoms with Crippen LogP contribution in [0.2, 0.25) is 0 Å². The minimum absolute atomic E-state index is 0.231. The predicted molar refractivity (Wildman–Crippen MR) is 199 cm³/mol. The van der Waals surface area contributed by atoms with Crippen molar-refractivity contribution >= 4 is 65.4 Å². The minimum Gasteiger partial charge on any atom is -0.467 e. The van der Waals surface area contributed by atoms with Gasteiger partial charge in [0.05, 0.1) is 19.3 Å². The molecule has 2 saturated heterocycles. The average Bonchev–Trinajstić information content (AvgIpc) is 3.14. The molecule has 0 spiro atoms. The molecule has 2 aliphatic rings. The van der Waals surface area contributed by atoms with Crippen molar-refractivity contribution in [2.24, 2.45) is 5.92 Å². The number of ether oxygens (including phenoxy) is 10. The van der Waals surface area contributed by atoms with E-state index >= 15 is 0 Å². The number of esters is 8. The van der Waals surface area contributed by atoms with Crippen LogP contribution in [0.3, 0.4) is 0 Å². The van der Waals surface area contributed by atoms with Gasteiger partial charge in [-0.2, -0.15) is 0 Å². The summed E-state index contributed by atoms with van der Waals surface area (Å²) in [4.78, 5) is 113. The second-order valence-electron chi connectivity index (χ2n) is 13.4. The predicted octanol–water partition coefficient (Wildman–Crippen LogP) is 0.975. The van der Waals surface area contributed by atoms with Crippen LogP contribution in [-0.4, -0.2) is 140 Å². The molecule has 20 nitrogen and oxygen atoms in total. The topological polar surface area (TPSA) is 258 Å². The summed E-state index contributed by atoms with van der Waals surface area (Å²) in [5.41, 5.74) is -1.02. The molecule has 1 amide bonds. The number of thioether (sulfide) groups is 1. The molecule has 3 rings (SSSR count). The van der Waals surface area contributed by atoms with Crippen LogP contribution in [-0.2, 0) is 85.7 Å². The van der Waals surface area contributed by atoms with Gasteiger partial charge in [-0.05, 0) is 18.6 Å². The first-order chi connectivity index (χ1) is 27.8. The lowest BCUT2D eigenvalue weighted by Gasteiger charge is -2.49. The number of methoxy groups -OCH3 is 1. The maximum atomic E-state index is 13.0. The summed E-state index contributed by atoms with van der Waals surface area (Å²) in [6.45, 7) is 6.58. The molecule has 2 heterocycles. The third kappa shape index (κ3) is 14.8. The fourth-order valence-electron chi connectivity index (χ4n) is 6.51. The van der Waals surface area contributed by atoms with Gasteiger partial charge >= 0.3 is 47.8 Å². The third-order valence-electron chi connectivity index (χ3n) is 8.70. The zero-order valence-corrected chi connectivity index (χ0v) is 34.5. The molecule has 59 heavy (non-hydrogen) atoms. The lowest BCUT2D eigenvalue weighted by Crippen LogP contribution is -2.64. The molecule has 0 unspecified atom stereocenters. The van der Waals surface area contributed by atoms with Gasteiger partial charge in [0.25, 0.3) is 5.91 Å². The Balaban J connectivity index is 2.12. The van der Waals surface area contributed by atoms with E-state index in [0.717, 1.165) is 67.3 Å². The van der Waals surface area contributed by atoms with Crippen LogP contribution < -0.4 is 5.32 Å². The van der Waals surface area contributed by atoms with E-state index in [1.807, 2.05) is 0 Å². The quantitative estimate of drug-likeness (QED) is 0.169. The number of hydrogen-bond donors (Lipinski definition) is 1. The van der Waals surface area contributed by atoms with Crippen molar-refractivity contribution in [2.45, 2.75) is 115 Å². The Morgan fingerprint density at radius 2 is 1.07 bits per heavy atom. The first-order valence-electron chi connectivity index (χ1n) is 18.3. The molecule has 1 aromatic carbocycles. The molecule has 11 atom stereocenters.